The first-order valence-corrected chi connectivity index (χ1v) is 8.40. The molecule has 0 radical (unpaired) electrons. The van der Waals surface area contributed by atoms with Gasteiger partial charge in [-0.05, 0) is 41.8 Å². The fraction of sp³-hybridized carbons (Fsp3) is 0.316. The Hall–Kier alpha value is -2.04. The van der Waals surface area contributed by atoms with E-state index in [1.807, 2.05) is 48.5 Å². The average molecular weight is 347 g/mol. The molecule has 0 saturated heterocycles. The normalized spacial score (nSPS) is 10.4. The van der Waals surface area contributed by atoms with Gasteiger partial charge in [0.1, 0.15) is 5.75 Å². The standard InChI is InChI=1S/C19H23ClN2O2/c1-24-18-4-2-3-15(13-18)9-12-22-19(23)10-11-21-14-16-5-7-17(20)8-6-16/h2-8,13,21H,9-12,14H2,1H3,(H,22,23). The van der Waals surface area contributed by atoms with E-state index in [4.69, 9.17) is 16.3 Å². The van der Waals surface area contributed by atoms with Gasteiger partial charge >= 0.3 is 0 Å². The summed E-state index contributed by atoms with van der Waals surface area (Å²) in [7, 11) is 1.65. The molecule has 2 aromatic rings. The monoisotopic (exact) mass is 346 g/mol. The van der Waals surface area contributed by atoms with Crippen molar-refractivity contribution in [2.75, 3.05) is 20.2 Å². The molecule has 128 valence electrons. The molecule has 0 aliphatic heterocycles. The van der Waals surface area contributed by atoms with E-state index in [1.54, 1.807) is 7.11 Å². The zero-order valence-electron chi connectivity index (χ0n) is 13.8. The Kier molecular flexibility index (Phi) is 7.59. The van der Waals surface area contributed by atoms with Crippen LogP contribution in [-0.4, -0.2) is 26.1 Å². The molecular weight excluding hydrogens is 324 g/mol. The molecule has 4 nitrogen and oxygen atoms in total. The number of nitrogens with one attached hydrogen (secondary N) is 2. The molecule has 24 heavy (non-hydrogen) atoms. The SMILES string of the molecule is COc1cccc(CCNC(=O)CCNCc2ccc(Cl)cc2)c1. The number of rotatable bonds is 9. The number of hydrogen-bond acceptors (Lipinski definition) is 3. The molecule has 0 heterocycles. The summed E-state index contributed by atoms with van der Waals surface area (Å²) in [6.07, 6.45) is 1.26. The van der Waals surface area contributed by atoms with Crippen LogP contribution in [0.2, 0.25) is 5.02 Å². The van der Waals surface area contributed by atoms with E-state index < -0.39 is 0 Å². The summed E-state index contributed by atoms with van der Waals surface area (Å²) in [5, 5.41) is 6.92. The molecular formula is C19H23ClN2O2. The molecule has 0 spiro atoms. The lowest BCUT2D eigenvalue weighted by molar-refractivity contribution is -0.120. The summed E-state index contributed by atoms with van der Waals surface area (Å²) in [5.41, 5.74) is 2.30. The second-order valence-corrected chi connectivity index (χ2v) is 5.94. The Labute approximate surface area is 148 Å². The first kappa shape index (κ1) is 18.3. The second-order valence-electron chi connectivity index (χ2n) is 5.50. The first-order chi connectivity index (χ1) is 11.7. The Balaban J connectivity index is 1.58. The largest absolute Gasteiger partial charge is 0.497 e. The van der Waals surface area contributed by atoms with Crippen LogP contribution in [-0.2, 0) is 17.8 Å². The summed E-state index contributed by atoms with van der Waals surface area (Å²) in [6.45, 7) is 2.01. The van der Waals surface area contributed by atoms with E-state index in [9.17, 15) is 4.79 Å². The molecule has 1 amide bonds. The van der Waals surface area contributed by atoms with Crippen LogP contribution >= 0.6 is 11.6 Å². The van der Waals surface area contributed by atoms with Gasteiger partial charge in [-0.2, -0.15) is 0 Å². The number of carbonyl (C=O) groups is 1. The minimum absolute atomic E-state index is 0.0569. The van der Waals surface area contributed by atoms with E-state index >= 15 is 0 Å². The maximum atomic E-state index is 11.8. The smallest absolute Gasteiger partial charge is 0.221 e. The number of ether oxygens (including phenoxy) is 1. The molecule has 0 aliphatic rings. The number of methoxy groups -OCH3 is 1. The van der Waals surface area contributed by atoms with Crippen molar-refractivity contribution >= 4 is 17.5 Å². The van der Waals surface area contributed by atoms with Gasteiger partial charge in [-0.3, -0.25) is 4.79 Å². The minimum Gasteiger partial charge on any atom is -0.497 e. The Bertz CT molecular complexity index is 644. The van der Waals surface area contributed by atoms with Gasteiger partial charge in [-0.25, -0.2) is 0 Å². The predicted molar refractivity (Wildman–Crippen MR) is 97.5 cm³/mol. The number of halogens is 1. The van der Waals surface area contributed by atoms with Crippen LogP contribution in [0.15, 0.2) is 48.5 Å². The van der Waals surface area contributed by atoms with Crippen LogP contribution < -0.4 is 15.4 Å². The molecule has 2 N–H and O–H groups in total. The van der Waals surface area contributed by atoms with Crippen LogP contribution in [0.3, 0.4) is 0 Å². The second kappa shape index (κ2) is 9.96. The predicted octanol–water partition coefficient (Wildman–Crippen LogP) is 3.19. The Morgan fingerprint density at radius 3 is 2.62 bits per heavy atom. The molecule has 0 bridgehead atoms. The van der Waals surface area contributed by atoms with Crippen molar-refractivity contribution in [3.63, 3.8) is 0 Å². The van der Waals surface area contributed by atoms with Crippen LogP contribution in [0.5, 0.6) is 5.75 Å². The lowest BCUT2D eigenvalue weighted by Crippen LogP contribution is -2.29. The number of hydrogen-bond donors (Lipinski definition) is 2. The molecule has 0 unspecified atom stereocenters. The third-order valence-electron chi connectivity index (χ3n) is 3.64. The van der Waals surface area contributed by atoms with E-state index in [0.29, 0.717) is 19.5 Å². The van der Waals surface area contributed by atoms with Crippen molar-refractivity contribution < 1.29 is 9.53 Å². The van der Waals surface area contributed by atoms with Crippen LogP contribution in [0.1, 0.15) is 17.5 Å². The molecule has 5 heteroatoms. The summed E-state index contributed by atoms with van der Waals surface area (Å²) < 4.78 is 5.19. The highest BCUT2D eigenvalue weighted by atomic mass is 35.5. The zero-order valence-corrected chi connectivity index (χ0v) is 14.6. The Morgan fingerprint density at radius 2 is 1.88 bits per heavy atom. The van der Waals surface area contributed by atoms with Gasteiger partial charge in [-0.1, -0.05) is 35.9 Å². The maximum absolute atomic E-state index is 11.8. The minimum atomic E-state index is 0.0569. The van der Waals surface area contributed by atoms with Gasteiger partial charge in [0.05, 0.1) is 7.11 Å². The maximum Gasteiger partial charge on any atom is 0.221 e. The van der Waals surface area contributed by atoms with Gasteiger partial charge in [0.15, 0.2) is 0 Å². The topological polar surface area (TPSA) is 50.4 Å². The lowest BCUT2D eigenvalue weighted by atomic mass is 10.1. The summed E-state index contributed by atoms with van der Waals surface area (Å²) in [5.74, 6) is 0.895. The van der Waals surface area contributed by atoms with Gasteiger partial charge in [0.2, 0.25) is 5.91 Å². The first-order valence-electron chi connectivity index (χ1n) is 8.02. The molecule has 2 rings (SSSR count). The van der Waals surface area contributed by atoms with Crippen LogP contribution in [0.4, 0.5) is 0 Å². The van der Waals surface area contributed by atoms with Gasteiger partial charge in [-0.15, -0.1) is 0 Å². The zero-order chi connectivity index (χ0) is 17.2. The highest BCUT2D eigenvalue weighted by Gasteiger charge is 2.02. The quantitative estimate of drug-likeness (QED) is 0.686. The van der Waals surface area contributed by atoms with E-state index in [1.165, 1.54) is 0 Å². The van der Waals surface area contributed by atoms with Gasteiger partial charge in [0, 0.05) is 31.1 Å². The summed E-state index contributed by atoms with van der Waals surface area (Å²) in [4.78, 5) is 11.8. The van der Waals surface area contributed by atoms with Gasteiger partial charge < -0.3 is 15.4 Å². The number of carbonyl (C=O) groups excluding carboxylic acids is 1. The van der Waals surface area contributed by atoms with Crippen LogP contribution in [0, 0.1) is 0 Å². The highest BCUT2D eigenvalue weighted by molar-refractivity contribution is 6.30. The molecule has 0 aliphatic carbocycles. The fourth-order valence-electron chi connectivity index (χ4n) is 2.30. The van der Waals surface area contributed by atoms with Crippen molar-refractivity contribution in [2.45, 2.75) is 19.4 Å². The third kappa shape index (κ3) is 6.60. The lowest BCUT2D eigenvalue weighted by Gasteiger charge is -2.08. The van der Waals surface area contributed by atoms with Crippen molar-refractivity contribution in [2.24, 2.45) is 0 Å². The third-order valence-corrected chi connectivity index (χ3v) is 3.89. The number of benzene rings is 2. The fourth-order valence-corrected chi connectivity index (χ4v) is 2.43. The summed E-state index contributed by atoms with van der Waals surface area (Å²) in [6, 6.07) is 15.6. The van der Waals surface area contributed by atoms with E-state index in [-0.39, 0.29) is 5.91 Å². The Morgan fingerprint density at radius 1 is 1.08 bits per heavy atom. The summed E-state index contributed by atoms with van der Waals surface area (Å²) >= 11 is 5.84. The van der Waals surface area contributed by atoms with Crippen LogP contribution in [0.25, 0.3) is 0 Å². The molecule has 0 saturated carbocycles. The van der Waals surface area contributed by atoms with Crippen molar-refractivity contribution in [3.8, 4) is 5.75 Å². The van der Waals surface area contributed by atoms with Crippen molar-refractivity contribution in [1.29, 1.82) is 0 Å². The van der Waals surface area contributed by atoms with Crippen molar-refractivity contribution in [3.05, 3.63) is 64.7 Å². The average Bonchev–Trinajstić information content (AvgIpc) is 2.60. The molecule has 2 aromatic carbocycles. The van der Waals surface area contributed by atoms with Crippen molar-refractivity contribution in [1.82, 2.24) is 10.6 Å². The molecule has 0 fully saturated rings. The van der Waals surface area contributed by atoms with Gasteiger partial charge in [0.25, 0.3) is 0 Å². The molecule has 0 atom stereocenters. The molecule has 0 aromatic heterocycles. The highest BCUT2D eigenvalue weighted by Crippen LogP contribution is 2.12. The number of amides is 1. The van der Waals surface area contributed by atoms with E-state index in [2.05, 4.69) is 10.6 Å². The van der Waals surface area contributed by atoms with E-state index in [0.717, 1.165) is 34.9 Å².